The molecule has 0 amide bonds. The van der Waals surface area contributed by atoms with Crippen LogP contribution in [0.25, 0.3) is 0 Å². The van der Waals surface area contributed by atoms with E-state index in [0.29, 0.717) is 11.5 Å². The summed E-state index contributed by atoms with van der Waals surface area (Å²) in [5.74, 6) is 0.741. The average molecular weight is 327 g/mol. The highest BCUT2D eigenvalue weighted by atomic mass is 32.2. The fourth-order valence-electron chi connectivity index (χ4n) is 1.71. The third-order valence-corrected chi connectivity index (χ3v) is 4.10. The number of benzene rings is 1. The molecular weight excluding hydrogens is 314 g/mol. The van der Waals surface area contributed by atoms with Gasteiger partial charge in [0.25, 0.3) is 15.6 Å². The van der Waals surface area contributed by atoms with Gasteiger partial charge in [-0.05, 0) is 12.1 Å². The molecule has 0 saturated heterocycles. The number of methoxy groups -OCH3 is 2. The monoisotopic (exact) mass is 327 g/mol. The molecule has 0 bridgehead atoms. The summed E-state index contributed by atoms with van der Waals surface area (Å²) >= 11 is 0. The second-order valence-corrected chi connectivity index (χ2v) is 5.76. The number of aromatic nitrogens is 2. The van der Waals surface area contributed by atoms with Gasteiger partial charge in [-0.25, -0.2) is 13.2 Å². The molecule has 9 nitrogen and oxygen atoms in total. The van der Waals surface area contributed by atoms with Crippen LogP contribution in [0.15, 0.2) is 38.9 Å². The second-order valence-electron chi connectivity index (χ2n) is 4.11. The quantitative estimate of drug-likeness (QED) is 0.702. The fourth-order valence-corrected chi connectivity index (χ4v) is 2.76. The Morgan fingerprint density at radius 3 is 2.36 bits per heavy atom. The zero-order valence-corrected chi connectivity index (χ0v) is 12.5. The Balaban J connectivity index is 2.40. The molecule has 0 radical (unpaired) electrons. The van der Waals surface area contributed by atoms with Crippen molar-refractivity contribution in [2.24, 2.45) is 0 Å². The number of sulfonamides is 1. The van der Waals surface area contributed by atoms with Crippen LogP contribution in [0, 0.1) is 0 Å². The predicted octanol–water partition coefficient (Wildman–Crippen LogP) is -0.119. The minimum absolute atomic E-state index is 0.170. The van der Waals surface area contributed by atoms with Crippen LogP contribution in [0.3, 0.4) is 0 Å². The zero-order valence-electron chi connectivity index (χ0n) is 11.7. The number of rotatable bonds is 5. The second kappa shape index (κ2) is 5.93. The summed E-state index contributed by atoms with van der Waals surface area (Å²) in [4.78, 5) is 25.8. The molecule has 0 atom stereocenters. The lowest BCUT2D eigenvalue weighted by Gasteiger charge is -2.11. The predicted molar refractivity (Wildman–Crippen MR) is 78.0 cm³/mol. The van der Waals surface area contributed by atoms with Crippen molar-refractivity contribution in [2.75, 3.05) is 18.9 Å². The largest absolute Gasteiger partial charge is 0.493 e. The van der Waals surface area contributed by atoms with Crippen molar-refractivity contribution < 1.29 is 17.9 Å². The lowest BCUT2D eigenvalue weighted by Crippen LogP contribution is -2.29. The Hall–Kier alpha value is -2.75. The van der Waals surface area contributed by atoms with Crippen LogP contribution in [0.2, 0.25) is 0 Å². The number of hydrogen-bond acceptors (Lipinski definition) is 6. The summed E-state index contributed by atoms with van der Waals surface area (Å²) in [7, 11) is -1.31. The van der Waals surface area contributed by atoms with Crippen molar-refractivity contribution in [1.29, 1.82) is 0 Å². The van der Waals surface area contributed by atoms with Crippen LogP contribution in [0.1, 0.15) is 0 Å². The van der Waals surface area contributed by atoms with E-state index in [1.165, 1.54) is 32.4 Å². The van der Waals surface area contributed by atoms with E-state index < -0.39 is 26.2 Å². The Kier molecular flexibility index (Phi) is 4.22. The number of nitrogens with one attached hydrogen (secondary N) is 3. The van der Waals surface area contributed by atoms with Crippen molar-refractivity contribution in [2.45, 2.75) is 4.90 Å². The van der Waals surface area contributed by atoms with E-state index in [-0.39, 0.29) is 5.69 Å². The first-order chi connectivity index (χ1) is 10.4. The van der Waals surface area contributed by atoms with E-state index in [1.54, 1.807) is 0 Å². The minimum atomic E-state index is -4.17. The molecule has 0 saturated carbocycles. The highest BCUT2D eigenvalue weighted by Crippen LogP contribution is 2.30. The molecule has 3 N–H and O–H groups in total. The van der Waals surface area contributed by atoms with Gasteiger partial charge in [0.1, 0.15) is 0 Å². The molecule has 0 aliphatic heterocycles. The Morgan fingerprint density at radius 2 is 1.77 bits per heavy atom. The van der Waals surface area contributed by atoms with Gasteiger partial charge in [0, 0.05) is 12.3 Å². The van der Waals surface area contributed by atoms with Crippen molar-refractivity contribution in [1.82, 2.24) is 9.97 Å². The molecule has 0 unspecified atom stereocenters. The smallest absolute Gasteiger partial charge is 0.325 e. The van der Waals surface area contributed by atoms with Crippen LogP contribution in [0.5, 0.6) is 11.5 Å². The van der Waals surface area contributed by atoms with E-state index in [0.717, 1.165) is 6.20 Å². The van der Waals surface area contributed by atoms with Gasteiger partial charge < -0.3 is 14.5 Å². The molecule has 0 spiro atoms. The van der Waals surface area contributed by atoms with Gasteiger partial charge in [0.15, 0.2) is 16.4 Å². The molecule has 1 heterocycles. The van der Waals surface area contributed by atoms with Gasteiger partial charge in [0.05, 0.1) is 19.9 Å². The first-order valence-corrected chi connectivity index (χ1v) is 7.42. The Bertz CT molecular complexity index is 900. The lowest BCUT2D eigenvalue weighted by molar-refractivity contribution is 0.355. The van der Waals surface area contributed by atoms with Gasteiger partial charge in [-0.2, -0.15) is 0 Å². The number of H-pyrrole nitrogens is 2. The van der Waals surface area contributed by atoms with Crippen molar-refractivity contribution in [3.63, 3.8) is 0 Å². The SMILES string of the molecule is COc1ccc(NS(=O)(=O)c2c[nH]c(=O)[nH]c2=O)cc1OC. The Morgan fingerprint density at radius 1 is 1.09 bits per heavy atom. The van der Waals surface area contributed by atoms with Gasteiger partial charge in [-0.1, -0.05) is 0 Å². The van der Waals surface area contributed by atoms with Gasteiger partial charge in [0.2, 0.25) is 0 Å². The van der Waals surface area contributed by atoms with E-state index in [2.05, 4.69) is 9.71 Å². The number of anilines is 1. The summed E-state index contributed by atoms with van der Waals surface area (Å²) in [5, 5.41) is 0. The van der Waals surface area contributed by atoms with Crippen LogP contribution < -0.4 is 25.4 Å². The molecule has 0 aliphatic carbocycles. The Labute approximate surface area is 125 Å². The summed E-state index contributed by atoms with van der Waals surface area (Å²) < 4.78 is 36.6. The maximum atomic E-state index is 12.2. The van der Waals surface area contributed by atoms with E-state index in [4.69, 9.17) is 9.47 Å². The molecule has 0 fully saturated rings. The van der Waals surface area contributed by atoms with Gasteiger partial charge in [-0.3, -0.25) is 14.5 Å². The first-order valence-electron chi connectivity index (χ1n) is 5.94. The standard InChI is InChI=1S/C12H13N3O6S/c1-20-8-4-3-7(5-9(8)21-2)15-22(18,19)10-6-13-12(17)14-11(10)16/h3-6,15H,1-2H3,(H2,13,14,16,17). The topological polar surface area (TPSA) is 130 Å². The summed E-state index contributed by atoms with van der Waals surface area (Å²) in [6, 6.07) is 4.35. The van der Waals surface area contributed by atoms with Crippen molar-refractivity contribution in [3.05, 3.63) is 45.2 Å². The molecule has 22 heavy (non-hydrogen) atoms. The van der Waals surface area contributed by atoms with Crippen LogP contribution in [0.4, 0.5) is 5.69 Å². The molecule has 2 rings (SSSR count). The third-order valence-electron chi connectivity index (χ3n) is 2.71. The average Bonchev–Trinajstić information content (AvgIpc) is 2.46. The van der Waals surface area contributed by atoms with Crippen LogP contribution >= 0.6 is 0 Å². The van der Waals surface area contributed by atoms with Crippen molar-refractivity contribution in [3.8, 4) is 11.5 Å². The summed E-state index contributed by atoms with van der Waals surface area (Å²) in [6.07, 6.45) is 0.824. The van der Waals surface area contributed by atoms with E-state index >= 15 is 0 Å². The van der Waals surface area contributed by atoms with Crippen LogP contribution in [-0.2, 0) is 10.0 Å². The molecule has 118 valence electrons. The normalized spacial score (nSPS) is 11.0. The number of ether oxygens (including phenoxy) is 2. The summed E-state index contributed by atoms with van der Waals surface area (Å²) in [5.41, 5.74) is -1.64. The fraction of sp³-hybridized carbons (Fsp3) is 0.167. The zero-order chi connectivity index (χ0) is 16.3. The van der Waals surface area contributed by atoms with Crippen molar-refractivity contribution >= 4 is 15.7 Å². The molecule has 0 aliphatic rings. The van der Waals surface area contributed by atoms with Gasteiger partial charge >= 0.3 is 5.69 Å². The molecule has 2 aromatic rings. The minimum Gasteiger partial charge on any atom is -0.493 e. The molecule has 1 aromatic carbocycles. The first kappa shape index (κ1) is 15.6. The summed E-state index contributed by atoms with van der Waals surface area (Å²) in [6.45, 7) is 0. The molecule has 10 heteroatoms. The molecule has 1 aromatic heterocycles. The van der Waals surface area contributed by atoms with Crippen LogP contribution in [-0.4, -0.2) is 32.6 Å². The number of aromatic amines is 2. The van der Waals surface area contributed by atoms with E-state index in [1.807, 2.05) is 4.98 Å². The maximum Gasteiger partial charge on any atom is 0.325 e. The van der Waals surface area contributed by atoms with E-state index in [9.17, 15) is 18.0 Å². The highest BCUT2D eigenvalue weighted by molar-refractivity contribution is 7.92. The maximum absolute atomic E-state index is 12.2. The third kappa shape index (κ3) is 3.11. The number of hydrogen-bond donors (Lipinski definition) is 3. The highest BCUT2D eigenvalue weighted by Gasteiger charge is 2.19. The lowest BCUT2D eigenvalue weighted by atomic mass is 10.3. The van der Waals surface area contributed by atoms with Gasteiger partial charge in [-0.15, -0.1) is 0 Å². The molecular formula is C12H13N3O6S.